The molecule has 1 fully saturated rings. The largest absolute Gasteiger partial charge is 0.573 e. The number of rotatable bonds is 2. The molecule has 118 valence electrons. The summed E-state index contributed by atoms with van der Waals surface area (Å²) in [6, 6.07) is 5.65. The Balaban J connectivity index is 1.95. The van der Waals surface area contributed by atoms with E-state index >= 15 is 0 Å². The zero-order chi connectivity index (χ0) is 15.8. The molecule has 2 N–H and O–H groups in total. The maximum Gasteiger partial charge on any atom is 0.573 e. The van der Waals surface area contributed by atoms with Gasteiger partial charge in [0, 0.05) is 0 Å². The molecule has 5 nitrogen and oxygen atoms in total. The highest BCUT2D eigenvalue weighted by atomic mass is 19.4. The van der Waals surface area contributed by atoms with E-state index in [1.807, 2.05) is 0 Å². The van der Waals surface area contributed by atoms with Crippen molar-refractivity contribution < 1.29 is 22.7 Å². The van der Waals surface area contributed by atoms with E-state index in [9.17, 15) is 18.0 Å². The number of nitrogens with one attached hydrogen (secondary N) is 2. The number of nitrogens with zero attached hydrogens (tertiary/aromatic N) is 1. The van der Waals surface area contributed by atoms with E-state index < -0.39 is 11.9 Å². The number of benzene rings is 1. The van der Waals surface area contributed by atoms with Gasteiger partial charge in [-0.15, -0.1) is 13.2 Å². The van der Waals surface area contributed by atoms with Crippen molar-refractivity contribution in [3.63, 3.8) is 0 Å². The molecule has 1 spiro atoms. The molecule has 0 aromatic heterocycles. The lowest BCUT2D eigenvalue weighted by Gasteiger charge is -2.28. The van der Waals surface area contributed by atoms with E-state index in [1.54, 1.807) is 6.07 Å². The number of para-hydroxylation sites is 1. The minimum atomic E-state index is -4.80. The van der Waals surface area contributed by atoms with Crippen molar-refractivity contribution >= 4 is 11.7 Å². The Morgan fingerprint density at radius 2 is 1.86 bits per heavy atom. The highest BCUT2D eigenvalue weighted by Gasteiger charge is 2.45. The quantitative estimate of drug-likeness (QED) is 0.871. The number of alkyl halides is 3. The normalized spacial score (nSPS) is 20.7. The fourth-order valence-corrected chi connectivity index (χ4v) is 2.70. The number of ether oxygens (including phenoxy) is 1. The van der Waals surface area contributed by atoms with Gasteiger partial charge in [-0.25, -0.2) is 0 Å². The molecule has 2 aliphatic heterocycles. The van der Waals surface area contributed by atoms with Gasteiger partial charge in [-0.3, -0.25) is 9.79 Å². The fourth-order valence-electron chi connectivity index (χ4n) is 2.70. The number of amides is 1. The number of piperidine rings is 1. The zero-order valence-corrected chi connectivity index (χ0v) is 11.5. The van der Waals surface area contributed by atoms with Crippen LogP contribution in [0.4, 0.5) is 13.2 Å². The molecule has 0 atom stereocenters. The predicted molar refractivity (Wildman–Crippen MR) is 72.6 cm³/mol. The van der Waals surface area contributed by atoms with Crippen molar-refractivity contribution in [1.29, 1.82) is 0 Å². The van der Waals surface area contributed by atoms with E-state index in [2.05, 4.69) is 20.4 Å². The maximum absolute atomic E-state index is 12.5. The van der Waals surface area contributed by atoms with E-state index in [4.69, 9.17) is 0 Å². The van der Waals surface area contributed by atoms with Crippen LogP contribution in [0.25, 0.3) is 0 Å². The highest BCUT2D eigenvalue weighted by molar-refractivity contribution is 6.16. The average Bonchev–Trinajstić information content (AvgIpc) is 2.75. The van der Waals surface area contributed by atoms with Crippen LogP contribution in [0.2, 0.25) is 0 Å². The summed E-state index contributed by atoms with van der Waals surface area (Å²) in [5.74, 6) is -0.516. The third kappa shape index (κ3) is 2.78. The molecule has 22 heavy (non-hydrogen) atoms. The Morgan fingerprint density at radius 1 is 1.18 bits per heavy atom. The summed E-state index contributed by atoms with van der Waals surface area (Å²) in [5, 5.41) is 5.72. The molecule has 1 aromatic carbocycles. The summed E-state index contributed by atoms with van der Waals surface area (Å²) >= 11 is 0. The van der Waals surface area contributed by atoms with Crippen molar-refractivity contribution in [3.8, 4) is 5.75 Å². The van der Waals surface area contributed by atoms with E-state index in [-0.39, 0.29) is 23.1 Å². The van der Waals surface area contributed by atoms with Crippen molar-refractivity contribution in [2.75, 3.05) is 13.1 Å². The van der Waals surface area contributed by atoms with Crippen LogP contribution in [0.3, 0.4) is 0 Å². The summed E-state index contributed by atoms with van der Waals surface area (Å²) in [6.45, 7) is 1.29. The highest BCUT2D eigenvalue weighted by Crippen LogP contribution is 2.32. The van der Waals surface area contributed by atoms with Gasteiger partial charge in [0.25, 0.3) is 5.91 Å². The minimum absolute atomic E-state index is 0.128. The lowest BCUT2D eigenvalue weighted by Crippen LogP contribution is -2.47. The Kier molecular flexibility index (Phi) is 3.56. The molecule has 0 unspecified atom stereocenters. The standard InChI is InChI=1S/C14H14F3N3O2/c15-14(16,17)22-10-4-2-1-3-9(10)11-19-12(21)13(20-11)5-7-18-8-6-13/h1-4,18H,5-8H2,(H,19,20,21). The second kappa shape index (κ2) is 5.28. The lowest BCUT2D eigenvalue weighted by atomic mass is 9.89. The van der Waals surface area contributed by atoms with Crippen LogP contribution in [0.1, 0.15) is 18.4 Å². The number of aliphatic imine (C=N–C) groups is 1. The van der Waals surface area contributed by atoms with Gasteiger partial charge >= 0.3 is 6.36 Å². The van der Waals surface area contributed by atoms with Gasteiger partial charge in [-0.2, -0.15) is 0 Å². The monoisotopic (exact) mass is 313 g/mol. The first-order chi connectivity index (χ1) is 10.4. The van der Waals surface area contributed by atoms with E-state index in [0.29, 0.717) is 25.9 Å². The van der Waals surface area contributed by atoms with Crippen molar-refractivity contribution in [3.05, 3.63) is 29.8 Å². The van der Waals surface area contributed by atoms with E-state index in [0.717, 1.165) is 0 Å². The number of amidine groups is 1. The Bertz CT molecular complexity index is 622. The van der Waals surface area contributed by atoms with E-state index in [1.165, 1.54) is 18.2 Å². The molecular formula is C14H14F3N3O2. The molecule has 8 heteroatoms. The molecule has 0 radical (unpaired) electrons. The van der Waals surface area contributed by atoms with Gasteiger partial charge in [0.15, 0.2) is 0 Å². The first-order valence-corrected chi connectivity index (χ1v) is 6.87. The van der Waals surface area contributed by atoms with Gasteiger partial charge < -0.3 is 15.4 Å². The Labute approximate surface area is 124 Å². The summed E-state index contributed by atoms with van der Waals surface area (Å²) in [5.41, 5.74) is -0.755. The van der Waals surface area contributed by atoms with Gasteiger partial charge in [0.05, 0.1) is 5.56 Å². The topological polar surface area (TPSA) is 62.7 Å². The van der Waals surface area contributed by atoms with Crippen molar-refractivity contribution in [1.82, 2.24) is 10.6 Å². The number of carbonyl (C=O) groups is 1. The average molecular weight is 313 g/mol. The third-order valence-corrected chi connectivity index (χ3v) is 3.78. The first-order valence-electron chi connectivity index (χ1n) is 6.87. The number of halogens is 3. The summed E-state index contributed by atoms with van der Waals surface area (Å²) in [6.07, 6.45) is -3.76. The Morgan fingerprint density at radius 3 is 2.55 bits per heavy atom. The third-order valence-electron chi connectivity index (χ3n) is 3.78. The number of hydrogen-bond acceptors (Lipinski definition) is 4. The first kappa shape index (κ1) is 14.8. The van der Waals surface area contributed by atoms with Crippen LogP contribution in [0, 0.1) is 0 Å². The Hall–Kier alpha value is -2.09. The molecular weight excluding hydrogens is 299 g/mol. The number of hydrogen-bond donors (Lipinski definition) is 2. The second-order valence-electron chi connectivity index (χ2n) is 5.24. The molecule has 0 saturated carbocycles. The molecule has 1 aromatic rings. The minimum Gasteiger partial charge on any atom is -0.405 e. The van der Waals surface area contributed by atoms with Gasteiger partial charge in [-0.05, 0) is 38.1 Å². The van der Waals surface area contributed by atoms with Crippen LogP contribution in [0.15, 0.2) is 29.3 Å². The molecule has 2 heterocycles. The summed E-state index contributed by atoms with van der Waals surface area (Å²) in [4.78, 5) is 16.6. The summed E-state index contributed by atoms with van der Waals surface area (Å²) < 4.78 is 41.4. The zero-order valence-electron chi connectivity index (χ0n) is 11.5. The van der Waals surface area contributed by atoms with Crippen LogP contribution >= 0.6 is 0 Å². The molecule has 3 rings (SSSR count). The molecule has 2 aliphatic rings. The molecule has 1 amide bonds. The van der Waals surface area contributed by atoms with Crippen molar-refractivity contribution in [2.45, 2.75) is 24.7 Å². The lowest BCUT2D eigenvalue weighted by molar-refractivity contribution is -0.274. The molecule has 0 bridgehead atoms. The molecule has 0 aliphatic carbocycles. The van der Waals surface area contributed by atoms with Gasteiger partial charge in [0.1, 0.15) is 17.1 Å². The number of carbonyl (C=O) groups excluding carboxylic acids is 1. The van der Waals surface area contributed by atoms with Gasteiger partial charge in [-0.1, -0.05) is 12.1 Å². The smallest absolute Gasteiger partial charge is 0.405 e. The van der Waals surface area contributed by atoms with Crippen LogP contribution < -0.4 is 15.4 Å². The fraction of sp³-hybridized carbons (Fsp3) is 0.429. The van der Waals surface area contributed by atoms with Crippen LogP contribution in [-0.2, 0) is 4.79 Å². The van der Waals surface area contributed by atoms with Crippen molar-refractivity contribution in [2.24, 2.45) is 4.99 Å². The predicted octanol–water partition coefficient (Wildman–Crippen LogP) is 1.58. The summed E-state index contributed by atoms with van der Waals surface area (Å²) in [7, 11) is 0. The molecule has 1 saturated heterocycles. The maximum atomic E-state index is 12.5. The van der Waals surface area contributed by atoms with Gasteiger partial charge in [0.2, 0.25) is 0 Å². The van der Waals surface area contributed by atoms with Crippen LogP contribution in [-0.4, -0.2) is 36.7 Å². The van der Waals surface area contributed by atoms with Crippen LogP contribution in [0.5, 0.6) is 5.75 Å². The SMILES string of the molecule is O=C1NC(c2ccccc2OC(F)(F)F)=NC12CCNCC2. The second-order valence-corrected chi connectivity index (χ2v) is 5.24.